The molecule has 0 bridgehead atoms. The highest BCUT2D eigenvalue weighted by Gasteiger charge is 2.33. The SMILES string of the molecule is O=c1c(O)c(O)cnn1-c1ccc(Cl)c(C(F)(F)F)c1. The van der Waals surface area contributed by atoms with E-state index in [-0.39, 0.29) is 5.69 Å². The normalized spacial score (nSPS) is 11.6. The Bertz CT molecular complexity index is 728. The van der Waals surface area contributed by atoms with Crippen LogP contribution in [0.3, 0.4) is 0 Å². The molecule has 0 aliphatic carbocycles. The molecule has 0 atom stereocenters. The van der Waals surface area contributed by atoms with Crippen LogP contribution in [0.4, 0.5) is 13.2 Å². The third kappa shape index (κ3) is 2.42. The summed E-state index contributed by atoms with van der Waals surface area (Å²) in [6.45, 7) is 0. The van der Waals surface area contributed by atoms with Crippen molar-refractivity contribution in [2.45, 2.75) is 6.18 Å². The fourth-order valence-corrected chi connectivity index (χ4v) is 1.71. The van der Waals surface area contributed by atoms with E-state index in [1.807, 2.05) is 0 Å². The molecule has 106 valence electrons. The molecule has 1 heterocycles. The van der Waals surface area contributed by atoms with Crippen LogP contribution in [0, 0.1) is 0 Å². The summed E-state index contributed by atoms with van der Waals surface area (Å²) in [6, 6.07) is 2.70. The monoisotopic (exact) mass is 306 g/mol. The number of hydrogen-bond donors (Lipinski definition) is 2. The minimum absolute atomic E-state index is 0.248. The molecule has 1 aromatic carbocycles. The molecule has 0 spiro atoms. The van der Waals surface area contributed by atoms with Crippen molar-refractivity contribution in [2.24, 2.45) is 0 Å². The first kappa shape index (κ1) is 14.2. The van der Waals surface area contributed by atoms with E-state index in [4.69, 9.17) is 16.7 Å². The largest absolute Gasteiger partial charge is 0.503 e. The number of aromatic hydroxyl groups is 2. The van der Waals surface area contributed by atoms with Crippen molar-refractivity contribution in [3.63, 3.8) is 0 Å². The zero-order valence-electron chi connectivity index (χ0n) is 9.52. The van der Waals surface area contributed by atoms with Crippen LogP contribution in [-0.4, -0.2) is 20.0 Å². The van der Waals surface area contributed by atoms with Gasteiger partial charge in [0.2, 0.25) is 5.75 Å². The standard InChI is InChI=1S/C11H6ClF3N2O3/c12-7-2-1-5(3-6(7)11(13,14)15)17-10(20)9(19)8(18)4-16-17/h1-4,18-19H. The summed E-state index contributed by atoms with van der Waals surface area (Å²) >= 11 is 5.45. The van der Waals surface area contributed by atoms with Crippen molar-refractivity contribution in [1.82, 2.24) is 9.78 Å². The molecule has 2 N–H and O–H groups in total. The minimum atomic E-state index is -4.70. The third-order valence-corrected chi connectivity index (χ3v) is 2.76. The van der Waals surface area contributed by atoms with Gasteiger partial charge in [-0.25, -0.2) is 0 Å². The van der Waals surface area contributed by atoms with E-state index >= 15 is 0 Å². The quantitative estimate of drug-likeness (QED) is 0.848. The molecule has 0 unspecified atom stereocenters. The molecule has 0 saturated carbocycles. The van der Waals surface area contributed by atoms with Gasteiger partial charge < -0.3 is 10.2 Å². The maximum atomic E-state index is 12.7. The molecule has 5 nitrogen and oxygen atoms in total. The van der Waals surface area contributed by atoms with Crippen molar-refractivity contribution in [2.75, 3.05) is 0 Å². The second-order valence-corrected chi connectivity index (χ2v) is 4.16. The number of alkyl halides is 3. The molecule has 0 aliphatic rings. The number of benzene rings is 1. The number of aromatic nitrogens is 2. The highest BCUT2D eigenvalue weighted by atomic mass is 35.5. The number of rotatable bonds is 1. The Morgan fingerprint density at radius 3 is 2.50 bits per heavy atom. The van der Waals surface area contributed by atoms with Crippen LogP contribution in [0.25, 0.3) is 5.69 Å². The molecule has 20 heavy (non-hydrogen) atoms. The average Bonchev–Trinajstić information content (AvgIpc) is 2.36. The Labute approximate surface area is 114 Å². The van der Waals surface area contributed by atoms with Gasteiger partial charge in [0.1, 0.15) is 0 Å². The van der Waals surface area contributed by atoms with Crippen molar-refractivity contribution >= 4 is 11.6 Å². The summed E-state index contributed by atoms with van der Waals surface area (Å²) in [5, 5.41) is 21.2. The topological polar surface area (TPSA) is 75.3 Å². The summed E-state index contributed by atoms with van der Waals surface area (Å²) in [5.74, 6) is -1.78. The van der Waals surface area contributed by atoms with Gasteiger partial charge in [0.05, 0.1) is 22.5 Å². The highest BCUT2D eigenvalue weighted by Crippen LogP contribution is 2.35. The van der Waals surface area contributed by atoms with Crippen molar-refractivity contribution in [3.8, 4) is 17.2 Å². The number of halogens is 4. The third-order valence-electron chi connectivity index (χ3n) is 2.43. The van der Waals surface area contributed by atoms with Crippen LogP contribution >= 0.6 is 11.6 Å². The van der Waals surface area contributed by atoms with Crippen LogP contribution in [0.15, 0.2) is 29.2 Å². The zero-order chi connectivity index (χ0) is 15.1. The van der Waals surface area contributed by atoms with Crippen LogP contribution in [-0.2, 0) is 6.18 Å². The molecular weight excluding hydrogens is 301 g/mol. The van der Waals surface area contributed by atoms with Gasteiger partial charge in [-0.2, -0.15) is 23.0 Å². The zero-order valence-corrected chi connectivity index (χ0v) is 10.3. The fraction of sp³-hybridized carbons (Fsp3) is 0.0909. The maximum absolute atomic E-state index is 12.7. The number of nitrogens with zero attached hydrogens (tertiary/aromatic N) is 2. The lowest BCUT2D eigenvalue weighted by Crippen LogP contribution is -2.20. The van der Waals surface area contributed by atoms with Crippen LogP contribution < -0.4 is 5.56 Å². The van der Waals surface area contributed by atoms with E-state index in [0.717, 1.165) is 18.3 Å². The average molecular weight is 307 g/mol. The van der Waals surface area contributed by atoms with Crippen molar-refractivity contribution in [3.05, 3.63) is 45.3 Å². The molecule has 0 aliphatic heterocycles. The Morgan fingerprint density at radius 2 is 1.90 bits per heavy atom. The van der Waals surface area contributed by atoms with Gasteiger partial charge in [0, 0.05) is 0 Å². The first-order chi connectivity index (χ1) is 9.21. The summed E-state index contributed by atoms with van der Waals surface area (Å²) < 4.78 is 38.6. The molecule has 0 saturated heterocycles. The van der Waals surface area contributed by atoms with Gasteiger partial charge in [0.25, 0.3) is 0 Å². The lowest BCUT2D eigenvalue weighted by atomic mass is 10.2. The smallest absolute Gasteiger partial charge is 0.417 e. The van der Waals surface area contributed by atoms with Gasteiger partial charge >= 0.3 is 11.7 Å². The first-order valence-corrected chi connectivity index (χ1v) is 5.47. The molecule has 0 amide bonds. The Balaban J connectivity index is 2.67. The van der Waals surface area contributed by atoms with E-state index < -0.39 is 33.8 Å². The van der Waals surface area contributed by atoms with E-state index in [1.54, 1.807) is 0 Å². The molecule has 1 aromatic heterocycles. The summed E-state index contributed by atoms with van der Waals surface area (Å²) in [6.07, 6.45) is -3.96. The van der Waals surface area contributed by atoms with Crippen LogP contribution in [0.2, 0.25) is 5.02 Å². The van der Waals surface area contributed by atoms with E-state index in [0.29, 0.717) is 10.7 Å². The van der Waals surface area contributed by atoms with Crippen molar-refractivity contribution < 1.29 is 23.4 Å². The van der Waals surface area contributed by atoms with Crippen LogP contribution in [0.5, 0.6) is 11.5 Å². The molecule has 9 heteroatoms. The molecule has 2 rings (SSSR count). The minimum Gasteiger partial charge on any atom is -0.503 e. The molecule has 0 fully saturated rings. The van der Waals surface area contributed by atoms with Gasteiger partial charge in [-0.05, 0) is 18.2 Å². The predicted molar refractivity (Wildman–Crippen MR) is 63.2 cm³/mol. The molecule has 0 radical (unpaired) electrons. The summed E-state index contributed by atoms with van der Waals surface area (Å²) in [5.41, 5.74) is -2.54. The Morgan fingerprint density at radius 1 is 1.25 bits per heavy atom. The fourth-order valence-electron chi connectivity index (χ4n) is 1.48. The summed E-state index contributed by atoms with van der Waals surface area (Å²) in [4.78, 5) is 11.6. The van der Waals surface area contributed by atoms with Gasteiger partial charge in [-0.1, -0.05) is 11.6 Å². The van der Waals surface area contributed by atoms with E-state index in [1.165, 1.54) is 0 Å². The maximum Gasteiger partial charge on any atom is 0.417 e. The first-order valence-electron chi connectivity index (χ1n) is 5.09. The van der Waals surface area contributed by atoms with E-state index in [9.17, 15) is 23.1 Å². The predicted octanol–water partition coefficient (Wildman–Crippen LogP) is 2.32. The molecular formula is C11H6ClF3N2O3. The lowest BCUT2D eigenvalue weighted by molar-refractivity contribution is -0.137. The van der Waals surface area contributed by atoms with Gasteiger partial charge in [-0.3, -0.25) is 4.79 Å². The second kappa shape index (κ2) is 4.71. The van der Waals surface area contributed by atoms with Crippen molar-refractivity contribution in [1.29, 1.82) is 0 Å². The summed E-state index contributed by atoms with van der Waals surface area (Å²) in [7, 11) is 0. The Kier molecular flexibility index (Phi) is 3.34. The van der Waals surface area contributed by atoms with Gasteiger partial charge in [-0.15, -0.1) is 0 Å². The highest BCUT2D eigenvalue weighted by molar-refractivity contribution is 6.31. The second-order valence-electron chi connectivity index (χ2n) is 3.76. The van der Waals surface area contributed by atoms with E-state index in [2.05, 4.69) is 5.10 Å². The molecule has 2 aromatic rings. The Hall–Kier alpha value is -2.22. The van der Waals surface area contributed by atoms with Crippen LogP contribution in [0.1, 0.15) is 5.56 Å². The lowest BCUT2D eigenvalue weighted by Gasteiger charge is -2.11. The number of hydrogen-bond acceptors (Lipinski definition) is 4. The van der Waals surface area contributed by atoms with Gasteiger partial charge in [0.15, 0.2) is 5.75 Å².